The number of nitrogens with zero attached hydrogens (tertiary/aromatic N) is 1. The summed E-state index contributed by atoms with van der Waals surface area (Å²) in [5, 5.41) is 3.78. The smallest absolute Gasteiger partial charge is 0.123 e. The van der Waals surface area contributed by atoms with Crippen LogP contribution in [-0.4, -0.2) is 36.6 Å². The van der Waals surface area contributed by atoms with E-state index in [-0.39, 0.29) is 5.82 Å². The van der Waals surface area contributed by atoms with Gasteiger partial charge in [0.05, 0.1) is 0 Å². The Morgan fingerprint density at radius 1 is 1.26 bits per heavy atom. The Labute approximate surface area is 115 Å². The first-order valence-electron chi connectivity index (χ1n) is 7.43. The van der Waals surface area contributed by atoms with Crippen LogP contribution in [0.15, 0.2) is 24.3 Å². The van der Waals surface area contributed by atoms with Crippen LogP contribution in [0, 0.1) is 11.7 Å². The molecule has 0 amide bonds. The van der Waals surface area contributed by atoms with E-state index in [1.807, 2.05) is 12.1 Å². The SMILES string of the molecule is CC(Cc1ccc(F)cc1)NC1CN2CCC1CC2. The average molecular weight is 262 g/mol. The summed E-state index contributed by atoms with van der Waals surface area (Å²) in [5.41, 5.74) is 1.21. The Balaban J connectivity index is 1.53. The van der Waals surface area contributed by atoms with E-state index in [4.69, 9.17) is 0 Å². The summed E-state index contributed by atoms with van der Waals surface area (Å²) < 4.78 is 12.9. The molecule has 0 aliphatic carbocycles. The van der Waals surface area contributed by atoms with Crippen molar-refractivity contribution < 1.29 is 4.39 Å². The molecule has 1 aromatic rings. The minimum absolute atomic E-state index is 0.151. The van der Waals surface area contributed by atoms with Crippen LogP contribution in [0.2, 0.25) is 0 Å². The van der Waals surface area contributed by atoms with Crippen molar-refractivity contribution in [1.29, 1.82) is 0 Å². The molecule has 3 heteroatoms. The number of rotatable bonds is 4. The van der Waals surface area contributed by atoms with Crippen LogP contribution in [0.25, 0.3) is 0 Å². The fourth-order valence-electron chi connectivity index (χ4n) is 3.55. The van der Waals surface area contributed by atoms with Gasteiger partial charge in [-0.1, -0.05) is 12.1 Å². The zero-order valence-electron chi connectivity index (χ0n) is 11.6. The van der Waals surface area contributed by atoms with Crippen molar-refractivity contribution in [3.05, 3.63) is 35.6 Å². The Hall–Kier alpha value is -0.930. The van der Waals surface area contributed by atoms with Crippen molar-refractivity contribution >= 4 is 0 Å². The number of hydrogen-bond donors (Lipinski definition) is 1. The van der Waals surface area contributed by atoms with E-state index in [9.17, 15) is 4.39 Å². The van der Waals surface area contributed by atoms with Crippen LogP contribution in [-0.2, 0) is 6.42 Å². The minimum atomic E-state index is -0.151. The molecular weight excluding hydrogens is 239 g/mol. The summed E-state index contributed by atoms with van der Waals surface area (Å²) in [6, 6.07) is 8.00. The van der Waals surface area contributed by atoms with Crippen LogP contribution >= 0.6 is 0 Å². The summed E-state index contributed by atoms with van der Waals surface area (Å²) in [7, 11) is 0. The first-order valence-corrected chi connectivity index (χ1v) is 7.43. The van der Waals surface area contributed by atoms with Gasteiger partial charge in [-0.15, -0.1) is 0 Å². The second-order valence-electron chi connectivity index (χ2n) is 6.14. The first kappa shape index (κ1) is 13.1. The van der Waals surface area contributed by atoms with Gasteiger partial charge >= 0.3 is 0 Å². The standard InChI is InChI=1S/C16H23FN2/c1-12(10-13-2-4-15(17)5-3-13)18-16-11-19-8-6-14(16)7-9-19/h2-5,12,14,16,18H,6-11H2,1H3. The van der Waals surface area contributed by atoms with Gasteiger partial charge in [-0.25, -0.2) is 4.39 Å². The van der Waals surface area contributed by atoms with Crippen LogP contribution in [0.4, 0.5) is 4.39 Å². The van der Waals surface area contributed by atoms with Gasteiger partial charge in [0.15, 0.2) is 0 Å². The molecule has 3 heterocycles. The molecule has 4 rings (SSSR count). The van der Waals surface area contributed by atoms with Crippen LogP contribution in [0.3, 0.4) is 0 Å². The molecule has 3 saturated heterocycles. The zero-order chi connectivity index (χ0) is 13.2. The Kier molecular flexibility index (Phi) is 3.85. The van der Waals surface area contributed by atoms with E-state index in [1.54, 1.807) is 12.1 Å². The highest BCUT2D eigenvalue weighted by molar-refractivity contribution is 5.17. The quantitative estimate of drug-likeness (QED) is 0.896. The molecule has 2 nitrogen and oxygen atoms in total. The van der Waals surface area contributed by atoms with E-state index in [0.29, 0.717) is 12.1 Å². The van der Waals surface area contributed by atoms with Crippen molar-refractivity contribution in [3.8, 4) is 0 Å². The first-order chi connectivity index (χ1) is 9.20. The lowest BCUT2D eigenvalue weighted by atomic mass is 9.83. The molecule has 2 unspecified atom stereocenters. The molecule has 1 aromatic carbocycles. The molecule has 3 aliphatic rings. The fraction of sp³-hybridized carbons (Fsp3) is 0.625. The maximum absolute atomic E-state index is 12.9. The number of benzene rings is 1. The fourth-order valence-corrected chi connectivity index (χ4v) is 3.55. The lowest BCUT2D eigenvalue weighted by Gasteiger charge is -2.46. The van der Waals surface area contributed by atoms with Gasteiger partial charge in [-0.2, -0.15) is 0 Å². The molecule has 104 valence electrons. The topological polar surface area (TPSA) is 15.3 Å². The van der Waals surface area contributed by atoms with E-state index in [1.165, 1.54) is 38.0 Å². The predicted molar refractivity (Wildman–Crippen MR) is 75.7 cm³/mol. The predicted octanol–water partition coefficient (Wildman–Crippen LogP) is 2.44. The number of fused-ring (bicyclic) bond motifs is 3. The van der Waals surface area contributed by atoms with Crippen molar-refractivity contribution in [3.63, 3.8) is 0 Å². The third-order valence-corrected chi connectivity index (χ3v) is 4.61. The highest BCUT2D eigenvalue weighted by atomic mass is 19.1. The van der Waals surface area contributed by atoms with Gasteiger partial charge < -0.3 is 10.2 Å². The van der Waals surface area contributed by atoms with Gasteiger partial charge in [-0.3, -0.25) is 0 Å². The Morgan fingerprint density at radius 3 is 2.53 bits per heavy atom. The maximum Gasteiger partial charge on any atom is 0.123 e. The number of hydrogen-bond acceptors (Lipinski definition) is 2. The molecular formula is C16H23FN2. The van der Waals surface area contributed by atoms with Gasteiger partial charge in [0.1, 0.15) is 5.82 Å². The summed E-state index contributed by atoms with van der Waals surface area (Å²) in [6.45, 7) is 6.02. The molecule has 19 heavy (non-hydrogen) atoms. The maximum atomic E-state index is 12.9. The van der Waals surface area contributed by atoms with Crippen molar-refractivity contribution in [2.75, 3.05) is 19.6 Å². The molecule has 1 N–H and O–H groups in total. The zero-order valence-corrected chi connectivity index (χ0v) is 11.6. The highest BCUT2D eigenvalue weighted by Gasteiger charge is 2.34. The molecule has 3 aliphatic heterocycles. The summed E-state index contributed by atoms with van der Waals surface area (Å²) in [6.07, 6.45) is 3.67. The number of nitrogens with one attached hydrogen (secondary N) is 1. The van der Waals surface area contributed by atoms with Crippen LogP contribution in [0.1, 0.15) is 25.3 Å². The van der Waals surface area contributed by atoms with Crippen molar-refractivity contribution in [1.82, 2.24) is 10.2 Å². The minimum Gasteiger partial charge on any atom is -0.310 e. The highest BCUT2D eigenvalue weighted by Crippen LogP contribution is 2.27. The van der Waals surface area contributed by atoms with Gasteiger partial charge in [-0.05, 0) is 62.9 Å². The van der Waals surface area contributed by atoms with E-state index in [0.717, 1.165) is 12.3 Å². The molecule has 2 atom stereocenters. The normalized spacial score (nSPS) is 31.4. The molecule has 2 bridgehead atoms. The lowest BCUT2D eigenvalue weighted by Crippen LogP contribution is -2.57. The Bertz CT molecular complexity index is 409. The average Bonchev–Trinajstić information content (AvgIpc) is 2.43. The summed E-state index contributed by atoms with van der Waals surface area (Å²) in [4.78, 5) is 2.57. The van der Waals surface area contributed by atoms with Gasteiger partial charge in [0.25, 0.3) is 0 Å². The monoisotopic (exact) mass is 262 g/mol. The summed E-state index contributed by atoms with van der Waals surface area (Å²) >= 11 is 0. The number of piperidine rings is 3. The molecule has 0 saturated carbocycles. The second-order valence-corrected chi connectivity index (χ2v) is 6.14. The largest absolute Gasteiger partial charge is 0.310 e. The third-order valence-electron chi connectivity index (χ3n) is 4.61. The molecule has 0 spiro atoms. The second kappa shape index (κ2) is 5.59. The summed E-state index contributed by atoms with van der Waals surface area (Å²) in [5.74, 6) is 0.711. The Morgan fingerprint density at radius 2 is 1.95 bits per heavy atom. The van der Waals surface area contributed by atoms with Gasteiger partial charge in [0, 0.05) is 18.6 Å². The lowest BCUT2D eigenvalue weighted by molar-refractivity contribution is 0.0680. The third kappa shape index (κ3) is 3.15. The van der Waals surface area contributed by atoms with Gasteiger partial charge in [0.2, 0.25) is 0 Å². The van der Waals surface area contributed by atoms with Crippen molar-refractivity contribution in [2.24, 2.45) is 5.92 Å². The molecule has 0 aromatic heterocycles. The van der Waals surface area contributed by atoms with Crippen molar-refractivity contribution in [2.45, 2.75) is 38.3 Å². The molecule has 3 fully saturated rings. The van der Waals surface area contributed by atoms with Crippen LogP contribution in [0.5, 0.6) is 0 Å². The van der Waals surface area contributed by atoms with E-state index < -0.39 is 0 Å². The van der Waals surface area contributed by atoms with E-state index in [2.05, 4.69) is 17.1 Å². The number of halogens is 1. The van der Waals surface area contributed by atoms with E-state index >= 15 is 0 Å². The molecule has 0 radical (unpaired) electrons. The van der Waals surface area contributed by atoms with Crippen LogP contribution < -0.4 is 5.32 Å².